The molecule has 0 heterocycles. The Morgan fingerprint density at radius 3 is 1.80 bits per heavy atom. The molecule has 46 heavy (non-hydrogen) atoms. The Bertz CT molecular complexity index is 1590. The van der Waals surface area contributed by atoms with Gasteiger partial charge in [-0.3, -0.25) is 5.26 Å². The van der Waals surface area contributed by atoms with Gasteiger partial charge in [-0.1, -0.05) is 43.1 Å². The Morgan fingerprint density at radius 1 is 0.696 bits per heavy atom. The number of hydrogen-bond acceptors (Lipinski definition) is 12. The van der Waals surface area contributed by atoms with Gasteiger partial charge in [0.15, 0.2) is 11.5 Å². The van der Waals surface area contributed by atoms with Gasteiger partial charge in [0.2, 0.25) is 0 Å². The van der Waals surface area contributed by atoms with Crippen molar-refractivity contribution in [3.05, 3.63) is 113 Å². The van der Waals surface area contributed by atoms with Crippen LogP contribution in [0.3, 0.4) is 0 Å². The molecular weight excluding hydrogens is 602 g/mol. The van der Waals surface area contributed by atoms with Crippen LogP contribution in [-0.4, -0.2) is 35.5 Å². The second-order valence-corrected chi connectivity index (χ2v) is 10.7. The molecule has 0 bridgehead atoms. The Kier molecular flexibility index (Phi) is 11.9. The molecule has 0 saturated heterocycles. The molecule has 4 N–H and O–H groups in total. The van der Waals surface area contributed by atoms with Crippen LogP contribution in [-0.2, 0) is 28.0 Å². The molecule has 4 aromatic carbocycles. The van der Waals surface area contributed by atoms with E-state index in [2.05, 4.69) is 14.8 Å². The van der Waals surface area contributed by atoms with Crippen molar-refractivity contribution in [1.82, 2.24) is 0 Å². The maximum absolute atomic E-state index is 12.6. The van der Waals surface area contributed by atoms with Gasteiger partial charge in [-0.25, -0.2) is 14.5 Å². The summed E-state index contributed by atoms with van der Waals surface area (Å²) in [5.74, 6) is 4.47. The topological polar surface area (TPSA) is 174 Å². The molecule has 4 aromatic rings. The van der Waals surface area contributed by atoms with E-state index in [-0.39, 0.29) is 41.3 Å². The zero-order valence-electron chi connectivity index (χ0n) is 25.0. The number of carboxylic acids is 1. The van der Waals surface area contributed by atoms with Gasteiger partial charge in [-0.15, -0.1) is 0 Å². The van der Waals surface area contributed by atoms with E-state index >= 15 is 0 Å². The van der Waals surface area contributed by atoms with Gasteiger partial charge in [-0.2, -0.15) is 10.8 Å². The van der Waals surface area contributed by atoms with E-state index in [1.54, 1.807) is 36.4 Å². The second kappa shape index (κ2) is 16.2. The molecular formula is C33H33NO12. The highest BCUT2D eigenvalue weighted by atomic mass is 17.3. The Balaban J connectivity index is 1.22. The summed E-state index contributed by atoms with van der Waals surface area (Å²) in [5.41, 5.74) is 0.722. The molecule has 0 atom stereocenters. The highest BCUT2D eigenvalue weighted by Crippen LogP contribution is 2.26. The van der Waals surface area contributed by atoms with Crippen LogP contribution in [0.5, 0.6) is 28.7 Å². The smallest absolute Gasteiger partial charge is 0.344 e. The van der Waals surface area contributed by atoms with Crippen molar-refractivity contribution in [2.45, 2.75) is 27.1 Å². The van der Waals surface area contributed by atoms with Crippen molar-refractivity contribution in [1.29, 1.82) is 0 Å². The molecule has 0 radical (unpaired) electrons. The zero-order valence-corrected chi connectivity index (χ0v) is 25.0. The van der Waals surface area contributed by atoms with Gasteiger partial charge in [-0.05, 0) is 77.9 Å². The predicted molar refractivity (Wildman–Crippen MR) is 161 cm³/mol. The Labute approximate surface area is 264 Å². The van der Waals surface area contributed by atoms with E-state index in [0.29, 0.717) is 30.5 Å². The minimum atomic E-state index is -1.36. The van der Waals surface area contributed by atoms with E-state index in [1.807, 2.05) is 38.1 Å². The number of esters is 1. The van der Waals surface area contributed by atoms with Crippen LogP contribution in [0.4, 0.5) is 0 Å². The molecule has 4 rings (SSSR count). The van der Waals surface area contributed by atoms with E-state index in [9.17, 15) is 14.7 Å². The summed E-state index contributed by atoms with van der Waals surface area (Å²) in [7, 11) is 0. The number of carbonyl (C=O) groups is 2. The average molecular weight is 636 g/mol. The summed E-state index contributed by atoms with van der Waals surface area (Å²) in [5, 5.41) is 18.2. The Morgan fingerprint density at radius 2 is 1.24 bits per heavy atom. The molecule has 13 heteroatoms. The first-order chi connectivity index (χ1) is 22.2. The van der Waals surface area contributed by atoms with Crippen LogP contribution in [0.1, 0.15) is 45.7 Å². The summed E-state index contributed by atoms with van der Waals surface area (Å²) in [6, 6.07) is 24.3. The number of carbonyl (C=O) groups excluding carboxylic acids is 1. The maximum Gasteiger partial charge on any atom is 0.344 e. The first-order valence-electron chi connectivity index (χ1n) is 13.9. The van der Waals surface area contributed by atoms with Crippen LogP contribution in [0.15, 0.2) is 91.0 Å². The minimum Gasteiger partial charge on any atom is -0.493 e. The predicted octanol–water partition coefficient (Wildman–Crippen LogP) is 5.77. The highest BCUT2D eigenvalue weighted by Gasteiger charge is 2.22. The lowest BCUT2D eigenvalue weighted by Crippen LogP contribution is -2.28. The van der Waals surface area contributed by atoms with Crippen molar-refractivity contribution in [3.63, 3.8) is 0 Å². The van der Waals surface area contributed by atoms with E-state index in [4.69, 9.17) is 35.1 Å². The van der Waals surface area contributed by atoms with Gasteiger partial charge < -0.3 is 29.1 Å². The molecule has 0 aliphatic rings. The number of ether oxygens (including phenoxy) is 3. The summed E-state index contributed by atoms with van der Waals surface area (Å²) in [6.07, 6.45) is 0. The van der Waals surface area contributed by atoms with Crippen molar-refractivity contribution in [3.8, 4) is 28.7 Å². The van der Waals surface area contributed by atoms with Gasteiger partial charge >= 0.3 is 11.9 Å². The number of carboxylic acid groups (broad SMARTS) is 1. The van der Waals surface area contributed by atoms with Crippen LogP contribution in [0.25, 0.3) is 0 Å². The van der Waals surface area contributed by atoms with E-state index < -0.39 is 11.9 Å². The van der Waals surface area contributed by atoms with Gasteiger partial charge in [0.1, 0.15) is 30.5 Å². The van der Waals surface area contributed by atoms with Crippen molar-refractivity contribution >= 4 is 11.9 Å². The molecule has 0 aromatic heterocycles. The summed E-state index contributed by atoms with van der Waals surface area (Å²) in [4.78, 5) is 47.8. The number of nitrogens with two attached hydrogens (primary N) is 1. The van der Waals surface area contributed by atoms with Crippen LogP contribution in [0.2, 0.25) is 0 Å². The standard InChI is InChI=1S/C33H33NO12/c1-33(2,21-40-25-9-13-27(14-10-25)44-42-19-23-6-4-3-5-22(23)18-41-38)20-39-24-7-11-26(12-8-24)43-32(37)29-16-15-28(45-46-34)17-30(29)31(35)36/h3-17,38H,18-21,34H2,1-2H3,(H,35,36). The third kappa shape index (κ3) is 9.92. The van der Waals surface area contributed by atoms with E-state index in [1.165, 1.54) is 24.3 Å². The first-order valence-corrected chi connectivity index (χ1v) is 13.9. The molecule has 0 saturated carbocycles. The van der Waals surface area contributed by atoms with Crippen LogP contribution < -0.4 is 29.9 Å². The highest BCUT2D eigenvalue weighted by molar-refractivity contribution is 6.03. The van der Waals surface area contributed by atoms with Gasteiger partial charge in [0, 0.05) is 5.41 Å². The summed E-state index contributed by atoms with van der Waals surface area (Å²) >= 11 is 0. The molecule has 0 amide bonds. The maximum atomic E-state index is 12.6. The fraction of sp³-hybridized carbons (Fsp3) is 0.212. The molecule has 0 aliphatic heterocycles. The fourth-order valence-corrected chi connectivity index (χ4v) is 4.01. The fourth-order valence-electron chi connectivity index (χ4n) is 4.01. The lowest BCUT2D eigenvalue weighted by atomic mass is 9.96. The lowest BCUT2D eigenvalue weighted by Gasteiger charge is -2.25. The number of rotatable bonds is 17. The van der Waals surface area contributed by atoms with Gasteiger partial charge in [0.05, 0.1) is 24.3 Å². The molecule has 242 valence electrons. The van der Waals surface area contributed by atoms with Gasteiger partial charge in [0.25, 0.3) is 0 Å². The number of benzene rings is 4. The summed E-state index contributed by atoms with van der Waals surface area (Å²) < 4.78 is 17.2. The monoisotopic (exact) mass is 635 g/mol. The lowest BCUT2D eigenvalue weighted by molar-refractivity contribution is -0.253. The molecule has 0 unspecified atom stereocenters. The zero-order chi connectivity index (χ0) is 32.9. The third-order valence-corrected chi connectivity index (χ3v) is 6.41. The van der Waals surface area contributed by atoms with Crippen LogP contribution in [0, 0.1) is 5.41 Å². The largest absolute Gasteiger partial charge is 0.493 e. The minimum absolute atomic E-state index is 0.00519. The first kappa shape index (κ1) is 33.7. The van der Waals surface area contributed by atoms with E-state index in [0.717, 1.165) is 17.2 Å². The SMILES string of the molecule is CC(C)(COc1ccc(OOCc2ccccc2COO)cc1)COc1ccc(OC(=O)c2ccc(OON)cc2C(=O)O)cc1. The van der Waals surface area contributed by atoms with Crippen molar-refractivity contribution in [2.24, 2.45) is 11.3 Å². The summed E-state index contributed by atoms with van der Waals surface area (Å²) in [6.45, 7) is 4.89. The van der Waals surface area contributed by atoms with Crippen molar-refractivity contribution < 1.29 is 58.7 Å². The second-order valence-electron chi connectivity index (χ2n) is 10.7. The molecule has 13 nitrogen and oxygen atoms in total. The average Bonchev–Trinajstić information content (AvgIpc) is 3.05. The normalized spacial score (nSPS) is 11.0. The molecule has 0 fully saturated rings. The van der Waals surface area contributed by atoms with Crippen LogP contribution >= 0.6 is 0 Å². The molecule has 0 aliphatic carbocycles. The Hall–Kier alpha value is -5.18. The number of aromatic carboxylic acids is 1. The molecule has 0 spiro atoms. The van der Waals surface area contributed by atoms with Crippen molar-refractivity contribution in [2.75, 3.05) is 13.2 Å². The number of hydrogen-bond donors (Lipinski definition) is 3. The quantitative estimate of drug-likeness (QED) is 0.0552. The third-order valence-electron chi connectivity index (χ3n) is 6.41.